The van der Waals surface area contributed by atoms with E-state index in [1.54, 1.807) is 37.8 Å². The number of urea groups is 1. The van der Waals surface area contributed by atoms with Crippen molar-refractivity contribution >= 4 is 70.3 Å². The molecule has 2 aliphatic heterocycles. The van der Waals surface area contributed by atoms with Crippen molar-refractivity contribution in [3.05, 3.63) is 82.9 Å². The summed E-state index contributed by atoms with van der Waals surface area (Å²) in [6.07, 6.45) is -0.0462. The number of aliphatic carboxylic acids is 6. The zero-order valence-electron chi connectivity index (χ0n) is 42.1. The molecule has 3 aromatic carbocycles. The first-order valence-corrected chi connectivity index (χ1v) is 25.0. The van der Waals surface area contributed by atoms with Crippen LogP contribution < -0.4 is 21.3 Å². The van der Waals surface area contributed by atoms with Crippen molar-refractivity contribution in [3.8, 4) is 0 Å². The fourth-order valence-corrected chi connectivity index (χ4v) is 8.98. The molecule has 5 rings (SSSR count). The molecule has 3 atom stereocenters. The molecule has 0 spiro atoms. The van der Waals surface area contributed by atoms with E-state index in [4.69, 9.17) is 5.11 Å². The van der Waals surface area contributed by atoms with Crippen LogP contribution in [0.3, 0.4) is 0 Å². The smallest absolute Gasteiger partial charge is 0.326 e. The molecule has 76 heavy (non-hydrogen) atoms. The van der Waals surface area contributed by atoms with Crippen LogP contribution >= 0.6 is 0 Å². The molecule has 2 heterocycles. The van der Waals surface area contributed by atoms with Gasteiger partial charge in [0.15, 0.2) is 0 Å². The number of hydrogen-bond donors (Lipinski definition) is 10. The molecule has 2 aliphatic rings. The third-order valence-corrected chi connectivity index (χ3v) is 13.1. The Morgan fingerprint density at radius 2 is 1.05 bits per heavy atom. The van der Waals surface area contributed by atoms with Crippen molar-refractivity contribution in [2.45, 2.75) is 69.6 Å². The Balaban J connectivity index is 1.21. The summed E-state index contributed by atoms with van der Waals surface area (Å²) >= 11 is 0. The highest BCUT2D eigenvalue weighted by atomic mass is 16.4. The number of nitrogens with one attached hydrogen (secondary N) is 4. The second-order valence-electron chi connectivity index (χ2n) is 18.9. The summed E-state index contributed by atoms with van der Waals surface area (Å²) in [5.41, 5.74) is 2.69. The zero-order valence-corrected chi connectivity index (χ0v) is 42.1. The molecule has 25 heteroatoms. The maximum Gasteiger partial charge on any atom is 0.326 e. The van der Waals surface area contributed by atoms with Crippen molar-refractivity contribution in [3.63, 3.8) is 0 Å². The molecular weight excluding hydrogens is 995 g/mol. The van der Waals surface area contributed by atoms with Crippen molar-refractivity contribution in [1.29, 1.82) is 0 Å². The number of fused-ring (bicyclic) bond motifs is 2. The van der Waals surface area contributed by atoms with Gasteiger partial charge in [-0.05, 0) is 71.7 Å². The average Bonchev–Trinajstić information content (AvgIpc) is 3.36. The molecule has 0 aromatic heterocycles. The summed E-state index contributed by atoms with van der Waals surface area (Å²) in [5, 5.41) is 68.4. The highest BCUT2D eigenvalue weighted by Crippen LogP contribution is 2.22. The van der Waals surface area contributed by atoms with E-state index in [0.717, 1.165) is 27.5 Å². The summed E-state index contributed by atoms with van der Waals surface area (Å²) in [5.74, 6) is -8.56. The van der Waals surface area contributed by atoms with Gasteiger partial charge in [0.25, 0.3) is 5.91 Å². The van der Waals surface area contributed by atoms with Gasteiger partial charge in [0.1, 0.15) is 18.1 Å². The first kappa shape index (κ1) is 59.1. The number of nitrogens with zero attached hydrogens (tertiary/aromatic N) is 5. The van der Waals surface area contributed by atoms with Crippen LogP contribution in [0.25, 0.3) is 10.8 Å². The number of benzene rings is 3. The lowest BCUT2D eigenvalue weighted by atomic mass is 9.96. The van der Waals surface area contributed by atoms with Crippen LogP contribution in [-0.2, 0) is 57.7 Å². The van der Waals surface area contributed by atoms with E-state index in [-0.39, 0.29) is 129 Å². The van der Waals surface area contributed by atoms with Gasteiger partial charge in [0.2, 0.25) is 11.8 Å². The van der Waals surface area contributed by atoms with Crippen LogP contribution in [0.1, 0.15) is 59.2 Å². The van der Waals surface area contributed by atoms with Crippen molar-refractivity contribution in [2.75, 3.05) is 91.6 Å². The molecule has 10 N–H and O–H groups in total. The number of carbonyl (C=O) groups is 10. The lowest BCUT2D eigenvalue weighted by Gasteiger charge is -2.34. The molecule has 0 saturated carbocycles. The number of rotatable bonds is 25. The molecule has 1 saturated heterocycles. The largest absolute Gasteiger partial charge is 0.481 e. The zero-order chi connectivity index (χ0) is 55.3. The van der Waals surface area contributed by atoms with E-state index in [2.05, 4.69) is 21.3 Å². The number of amides is 5. The number of carboxylic acid groups (broad SMARTS) is 6. The minimum Gasteiger partial charge on any atom is -0.481 e. The van der Waals surface area contributed by atoms with Gasteiger partial charge >= 0.3 is 41.8 Å². The Labute approximate surface area is 437 Å². The van der Waals surface area contributed by atoms with Crippen LogP contribution in [0.4, 0.5) is 4.79 Å². The number of hydrogen-bond acceptors (Lipinski definition) is 14. The van der Waals surface area contributed by atoms with Gasteiger partial charge in [0.05, 0.1) is 26.2 Å². The summed E-state index contributed by atoms with van der Waals surface area (Å²) in [6.45, 7) is 1.80. The maximum atomic E-state index is 14.0. The molecule has 5 amide bonds. The number of carbonyl (C=O) groups excluding carboxylic acids is 4. The third-order valence-electron chi connectivity index (χ3n) is 13.1. The molecule has 0 bridgehead atoms. The minimum atomic E-state index is -1.56. The van der Waals surface area contributed by atoms with E-state index in [0.29, 0.717) is 13.0 Å². The van der Waals surface area contributed by atoms with Gasteiger partial charge < -0.3 is 56.8 Å². The Bertz CT molecular complexity index is 2550. The normalized spacial score (nSPS) is 16.3. The van der Waals surface area contributed by atoms with E-state index in [9.17, 15) is 73.5 Å². The first-order chi connectivity index (χ1) is 36.2. The average molecular weight is 1060 g/mol. The Hall–Kier alpha value is -7.74. The van der Waals surface area contributed by atoms with Gasteiger partial charge in [-0.3, -0.25) is 53.2 Å². The first-order valence-electron chi connectivity index (χ1n) is 25.0. The molecule has 1 fully saturated rings. The Morgan fingerprint density at radius 3 is 1.59 bits per heavy atom. The van der Waals surface area contributed by atoms with Crippen LogP contribution in [0.5, 0.6) is 0 Å². The van der Waals surface area contributed by atoms with E-state index >= 15 is 0 Å². The van der Waals surface area contributed by atoms with Crippen LogP contribution in [0.15, 0.2) is 60.7 Å². The molecule has 0 aliphatic carbocycles. The fourth-order valence-electron chi connectivity index (χ4n) is 8.98. The Kier molecular flexibility index (Phi) is 22.9. The van der Waals surface area contributed by atoms with Crippen LogP contribution in [-0.4, -0.2) is 224 Å². The molecule has 25 nitrogen and oxygen atoms in total. The highest BCUT2D eigenvalue weighted by Gasteiger charge is 2.29. The van der Waals surface area contributed by atoms with E-state index in [1.165, 1.54) is 0 Å². The number of carboxylic acids is 6. The monoisotopic (exact) mass is 1060 g/mol. The van der Waals surface area contributed by atoms with Gasteiger partial charge in [-0.15, -0.1) is 0 Å². The maximum absolute atomic E-state index is 14.0. The molecule has 0 unspecified atom stereocenters. The second-order valence-corrected chi connectivity index (χ2v) is 18.9. The van der Waals surface area contributed by atoms with E-state index in [1.807, 2.05) is 47.4 Å². The lowest BCUT2D eigenvalue weighted by molar-refractivity contribution is -0.141. The van der Waals surface area contributed by atoms with Crippen molar-refractivity contribution in [1.82, 2.24) is 45.8 Å². The standard InChI is InChI=1S/C51H67N9O16/c61-42(29-56-17-19-57(30-44(64)65)21-23-59(32-46(68)69)24-22-58(20-18-56)31-45(66)67)60-16-14-36-27-37(10-11-38(36)28-60)47(70)53-41(26-33-8-9-34-5-1-2-6-35(34)25-33)48(71)52-15-4-3-7-39(49(72)73)54-51(76)55-40(50(74)75)12-13-43(62)63/h1-2,5-6,8-11,25,27,39-41H,3-4,7,12-24,26,28-32H2,(H,52,71)(H,53,70)(H,62,63)(H,64,65)(H,66,67)(H,68,69)(H,72,73)(H,74,75)(H2,54,55,76)/t39-,40-,41-/m0/s1. The number of unbranched alkanes of at least 4 members (excludes halogenated alkanes) is 1. The Morgan fingerprint density at radius 1 is 0.513 bits per heavy atom. The van der Waals surface area contributed by atoms with Gasteiger partial charge in [-0.2, -0.15) is 0 Å². The lowest BCUT2D eigenvalue weighted by Crippen LogP contribution is -2.51. The summed E-state index contributed by atoms with van der Waals surface area (Å²) in [6, 6.07) is 13.3. The highest BCUT2D eigenvalue weighted by molar-refractivity contribution is 5.98. The summed E-state index contributed by atoms with van der Waals surface area (Å²) in [7, 11) is 0. The summed E-state index contributed by atoms with van der Waals surface area (Å²) in [4.78, 5) is 132. The van der Waals surface area contributed by atoms with Gasteiger partial charge in [-0.25, -0.2) is 14.4 Å². The topological polar surface area (TPSA) is 356 Å². The molecule has 0 radical (unpaired) electrons. The predicted molar refractivity (Wildman–Crippen MR) is 271 cm³/mol. The van der Waals surface area contributed by atoms with Crippen LogP contribution in [0.2, 0.25) is 0 Å². The van der Waals surface area contributed by atoms with Crippen molar-refractivity contribution < 1.29 is 78.6 Å². The van der Waals surface area contributed by atoms with Crippen molar-refractivity contribution in [2.24, 2.45) is 0 Å². The third kappa shape index (κ3) is 19.8. The van der Waals surface area contributed by atoms with Crippen LogP contribution in [0, 0.1) is 0 Å². The minimum absolute atomic E-state index is 0.0302. The summed E-state index contributed by atoms with van der Waals surface area (Å²) < 4.78 is 0. The molecule has 412 valence electrons. The fraction of sp³-hybridized carbons (Fsp3) is 0.490. The molecular formula is C51H67N9O16. The molecule has 3 aromatic rings. The quantitative estimate of drug-likeness (QED) is 0.0495. The SMILES string of the molecule is O=C(O)CC[C@H](NC(=O)N[C@@H](CCCCNC(=O)[C@H](Cc1ccc2ccccc2c1)NC(=O)c1ccc2c(c1)CCN(C(=O)CN1CCN(CC(=O)O)CCN(CC(=O)O)CCN(CC(=O)O)CC1)C2)C(=O)O)C(=O)O. The predicted octanol–water partition coefficient (Wildman–Crippen LogP) is -0.102. The van der Waals surface area contributed by atoms with E-state index < -0.39 is 84.6 Å². The van der Waals surface area contributed by atoms with Gasteiger partial charge in [-0.1, -0.05) is 48.5 Å². The van der Waals surface area contributed by atoms with Gasteiger partial charge in [0, 0.05) is 90.4 Å². The second kappa shape index (κ2) is 29.4.